The molecule has 0 aliphatic carbocycles. The van der Waals surface area contributed by atoms with Crippen LogP contribution in [-0.4, -0.2) is 52.0 Å². The first-order valence-electron chi connectivity index (χ1n) is 8.60. The maximum Gasteiger partial charge on any atom is 0.245 e. The fraction of sp³-hybridized carbons (Fsp3) is 0.316. The minimum atomic E-state index is -3.82. The summed E-state index contributed by atoms with van der Waals surface area (Å²) in [5.41, 5.74) is 0.544. The Bertz CT molecular complexity index is 978. The van der Waals surface area contributed by atoms with Gasteiger partial charge in [0.2, 0.25) is 15.9 Å². The smallest absolute Gasteiger partial charge is 0.245 e. The lowest BCUT2D eigenvalue weighted by molar-refractivity contribution is -0.123. The Labute approximate surface area is 169 Å². The number of amides is 1. The van der Waals surface area contributed by atoms with Crippen LogP contribution in [0, 0.1) is 0 Å². The van der Waals surface area contributed by atoms with Gasteiger partial charge in [0, 0.05) is 24.2 Å². The monoisotopic (exact) mass is 424 g/mol. The number of anilines is 1. The second kappa shape index (κ2) is 7.98. The molecule has 2 aromatic carbocycles. The lowest BCUT2D eigenvalue weighted by atomic mass is 10.1. The largest absolute Gasteiger partial charge is 0.497 e. The number of rotatable bonds is 5. The third-order valence-electron chi connectivity index (χ3n) is 4.70. The molecule has 28 heavy (non-hydrogen) atoms. The molecule has 1 unspecified atom stereocenters. The molecule has 1 heterocycles. The van der Waals surface area contributed by atoms with Gasteiger partial charge in [-0.3, -0.25) is 4.79 Å². The van der Waals surface area contributed by atoms with Crippen LogP contribution in [-0.2, 0) is 14.8 Å². The molecule has 1 amide bonds. The molecule has 1 fully saturated rings. The average Bonchev–Trinajstić information content (AvgIpc) is 2.69. The molecular formula is C19H21ClN2O5S. The zero-order valence-electron chi connectivity index (χ0n) is 15.8. The van der Waals surface area contributed by atoms with Gasteiger partial charge in [-0.25, -0.2) is 8.42 Å². The molecular weight excluding hydrogens is 404 g/mol. The van der Waals surface area contributed by atoms with E-state index in [-0.39, 0.29) is 23.9 Å². The molecule has 3 rings (SSSR count). The Hall–Kier alpha value is -2.29. The van der Waals surface area contributed by atoms with Crippen molar-refractivity contribution in [2.24, 2.45) is 0 Å². The fourth-order valence-electron chi connectivity index (χ4n) is 3.17. The van der Waals surface area contributed by atoms with Gasteiger partial charge >= 0.3 is 0 Å². The molecule has 2 aromatic rings. The lowest BCUT2D eigenvalue weighted by Gasteiger charge is -2.38. The predicted molar refractivity (Wildman–Crippen MR) is 107 cm³/mol. The quantitative estimate of drug-likeness (QED) is 0.737. The van der Waals surface area contributed by atoms with Crippen molar-refractivity contribution < 1.29 is 22.7 Å². The molecule has 0 spiro atoms. The third kappa shape index (κ3) is 3.67. The van der Waals surface area contributed by atoms with Gasteiger partial charge in [-0.1, -0.05) is 11.6 Å². The Balaban J connectivity index is 1.91. The van der Waals surface area contributed by atoms with E-state index in [9.17, 15) is 13.2 Å². The number of sulfonamides is 1. The number of carbonyl (C=O) groups excluding carboxylic acids is 1. The number of hydrogen-bond donors (Lipinski definition) is 0. The topological polar surface area (TPSA) is 76.2 Å². The molecule has 0 aromatic heterocycles. The minimum absolute atomic E-state index is 0.101. The van der Waals surface area contributed by atoms with Crippen LogP contribution in [0.5, 0.6) is 11.5 Å². The van der Waals surface area contributed by atoms with Crippen LogP contribution in [0.2, 0.25) is 5.02 Å². The first-order valence-corrected chi connectivity index (χ1v) is 10.4. The lowest BCUT2D eigenvalue weighted by Crippen LogP contribution is -2.57. The van der Waals surface area contributed by atoms with Gasteiger partial charge in [0.1, 0.15) is 17.5 Å². The van der Waals surface area contributed by atoms with Crippen molar-refractivity contribution in [3.8, 4) is 11.5 Å². The van der Waals surface area contributed by atoms with Crippen molar-refractivity contribution in [1.82, 2.24) is 4.31 Å². The highest BCUT2D eigenvalue weighted by atomic mass is 35.5. The Kier molecular flexibility index (Phi) is 5.83. The Morgan fingerprint density at radius 3 is 2.32 bits per heavy atom. The zero-order chi connectivity index (χ0) is 20.5. The van der Waals surface area contributed by atoms with Gasteiger partial charge in [-0.2, -0.15) is 4.31 Å². The molecule has 0 N–H and O–H groups in total. The van der Waals surface area contributed by atoms with Crippen molar-refractivity contribution in [1.29, 1.82) is 0 Å². The summed E-state index contributed by atoms with van der Waals surface area (Å²) < 4.78 is 37.8. The van der Waals surface area contributed by atoms with Gasteiger partial charge in [0.25, 0.3) is 0 Å². The number of benzene rings is 2. The van der Waals surface area contributed by atoms with Crippen molar-refractivity contribution >= 4 is 33.2 Å². The van der Waals surface area contributed by atoms with Crippen LogP contribution in [0.3, 0.4) is 0 Å². The Morgan fingerprint density at radius 1 is 1.04 bits per heavy atom. The van der Waals surface area contributed by atoms with E-state index in [2.05, 4.69) is 0 Å². The van der Waals surface area contributed by atoms with Crippen LogP contribution in [0.25, 0.3) is 0 Å². The van der Waals surface area contributed by atoms with Gasteiger partial charge in [0.05, 0.1) is 24.8 Å². The SMILES string of the molecule is COc1ccc(OC)c(N2CCN(S(=O)(=O)c3ccc(Cl)cc3)C(C)C2=O)c1. The molecule has 0 radical (unpaired) electrons. The summed E-state index contributed by atoms with van der Waals surface area (Å²) in [4.78, 5) is 14.7. The average molecular weight is 425 g/mol. The van der Waals surface area contributed by atoms with E-state index in [0.29, 0.717) is 22.2 Å². The first kappa shape index (κ1) is 20.4. The summed E-state index contributed by atoms with van der Waals surface area (Å²) in [6.07, 6.45) is 0. The maximum absolute atomic E-state index is 13.0. The number of carbonyl (C=O) groups is 1. The van der Waals surface area contributed by atoms with Crippen LogP contribution in [0.15, 0.2) is 47.4 Å². The molecule has 1 saturated heterocycles. The second-order valence-corrected chi connectivity index (χ2v) is 8.60. The molecule has 1 atom stereocenters. The van der Waals surface area contributed by atoms with Crippen molar-refractivity contribution in [3.63, 3.8) is 0 Å². The number of hydrogen-bond acceptors (Lipinski definition) is 5. The molecule has 150 valence electrons. The number of halogens is 1. The van der Waals surface area contributed by atoms with E-state index >= 15 is 0 Å². The van der Waals surface area contributed by atoms with E-state index in [1.165, 1.54) is 47.7 Å². The standard InChI is InChI=1S/C19H21ClN2O5S/c1-13-19(23)21(17-12-15(26-2)6-9-18(17)27-3)10-11-22(13)28(24,25)16-7-4-14(20)5-8-16/h4-9,12-13H,10-11H2,1-3H3. The predicted octanol–water partition coefficient (Wildman–Crippen LogP) is 2.78. The fourth-order valence-corrected chi connectivity index (χ4v) is 4.87. The van der Waals surface area contributed by atoms with E-state index in [4.69, 9.17) is 21.1 Å². The molecule has 0 saturated carbocycles. The highest BCUT2D eigenvalue weighted by molar-refractivity contribution is 7.89. The van der Waals surface area contributed by atoms with Crippen molar-refractivity contribution in [3.05, 3.63) is 47.5 Å². The molecule has 1 aliphatic rings. The first-order chi connectivity index (χ1) is 13.3. The number of piperazine rings is 1. The minimum Gasteiger partial charge on any atom is -0.497 e. The van der Waals surface area contributed by atoms with Crippen LogP contribution >= 0.6 is 11.6 Å². The van der Waals surface area contributed by atoms with Crippen LogP contribution < -0.4 is 14.4 Å². The molecule has 0 bridgehead atoms. The highest BCUT2D eigenvalue weighted by Crippen LogP contribution is 2.35. The molecule has 9 heteroatoms. The maximum atomic E-state index is 13.0. The van der Waals surface area contributed by atoms with E-state index in [0.717, 1.165) is 0 Å². The third-order valence-corrected chi connectivity index (χ3v) is 6.93. The summed E-state index contributed by atoms with van der Waals surface area (Å²) in [6.45, 7) is 1.92. The van der Waals surface area contributed by atoms with Crippen LogP contribution in [0.4, 0.5) is 5.69 Å². The van der Waals surface area contributed by atoms with Crippen molar-refractivity contribution in [2.75, 3.05) is 32.2 Å². The van der Waals surface area contributed by atoms with E-state index in [1.807, 2.05) is 0 Å². The summed E-state index contributed by atoms with van der Waals surface area (Å²) in [7, 11) is -0.775. The van der Waals surface area contributed by atoms with Gasteiger partial charge in [-0.05, 0) is 43.3 Å². The zero-order valence-corrected chi connectivity index (χ0v) is 17.3. The number of ether oxygens (including phenoxy) is 2. The summed E-state index contributed by atoms with van der Waals surface area (Å²) >= 11 is 5.85. The summed E-state index contributed by atoms with van der Waals surface area (Å²) in [6, 6.07) is 10.2. The van der Waals surface area contributed by atoms with E-state index < -0.39 is 16.1 Å². The number of methoxy groups -OCH3 is 2. The highest BCUT2D eigenvalue weighted by Gasteiger charge is 2.40. The van der Waals surface area contributed by atoms with E-state index in [1.54, 1.807) is 25.1 Å². The number of nitrogens with zero attached hydrogens (tertiary/aromatic N) is 2. The summed E-state index contributed by atoms with van der Waals surface area (Å²) in [5.74, 6) is 0.748. The normalized spacial score (nSPS) is 18.2. The van der Waals surface area contributed by atoms with Gasteiger partial charge in [-0.15, -0.1) is 0 Å². The summed E-state index contributed by atoms with van der Waals surface area (Å²) in [5, 5.41) is 0.443. The molecule has 1 aliphatic heterocycles. The van der Waals surface area contributed by atoms with Crippen LogP contribution in [0.1, 0.15) is 6.92 Å². The van der Waals surface area contributed by atoms with Gasteiger partial charge < -0.3 is 14.4 Å². The molecule has 7 nitrogen and oxygen atoms in total. The van der Waals surface area contributed by atoms with Gasteiger partial charge in [0.15, 0.2) is 0 Å². The van der Waals surface area contributed by atoms with Crippen molar-refractivity contribution in [2.45, 2.75) is 17.9 Å². The Morgan fingerprint density at radius 2 is 1.71 bits per heavy atom. The second-order valence-electron chi connectivity index (χ2n) is 6.27.